The predicted molar refractivity (Wildman–Crippen MR) is 200 cm³/mol. The molecule has 0 radical (unpaired) electrons. The summed E-state index contributed by atoms with van der Waals surface area (Å²) in [5.41, 5.74) is 2.90. The van der Waals surface area contributed by atoms with E-state index in [1.165, 1.54) is 42.5 Å². The largest absolute Gasteiger partial charge is 0.508 e. The van der Waals surface area contributed by atoms with Crippen molar-refractivity contribution in [1.29, 1.82) is 0 Å². The molecule has 3 atom stereocenters. The number of phenols is 1. The van der Waals surface area contributed by atoms with E-state index in [1.54, 1.807) is 12.1 Å². The number of urea groups is 1. The fraction of sp³-hybridized carbons (Fsp3) is 0.211. The molecule has 0 heterocycles. The number of ketones is 2. The molecule has 0 aliphatic heterocycles. The van der Waals surface area contributed by atoms with Crippen LogP contribution >= 0.6 is 0 Å². The molecule has 3 aliphatic rings. The molecular weight excluding hydrogens is 719 g/mol. The number of fused-ring (bicyclic) bond motifs is 4. The van der Waals surface area contributed by atoms with Gasteiger partial charge in [0.25, 0.3) is 15.9 Å². The van der Waals surface area contributed by atoms with Crippen molar-refractivity contribution in [2.45, 2.75) is 29.8 Å². The van der Waals surface area contributed by atoms with Crippen molar-refractivity contribution in [3.63, 3.8) is 0 Å². The Bertz CT molecular complexity index is 2490. The number of carbonyl (C=O) groups excluding carboxylic acids is 4. The summed E-state index contributed by atoms with van der Waals surface area (Å²) in [6, 6.07) is 18.4. The summed E-state index contributed by atoms with van der Waals surface area (Å²) in [6.45, 7) is 0. The number of hydrogen-bond acceptors (Lipinski definition) is 11. The number of primary amides is 1. The zero-order valence-corrected chi connectivity index (χ0v) is 29.7. The molecule has 4 aromatic rings. The van der Waals surface area contributed by atoms with Gasteiger partial charge >= 0.3 is 6.03 Å². The maximum atomic E-state index is 13.7. The van der Waals surface area contributed by atoms with E-state index in [2.05, 4.69) is 15.4 Å². The minimum absolute atomic E-state index is 0.00637. The Balaban J connectivity index is 1.07. The molecule has 16 heteroatoms. The van der Waals surface area contributed by atoms with Crippen molar-refractivity contribution >= 4 is 72.8 Å². The number of sulfonamides is 1. The Morgan fingerprint density at radius 3 is 2.30 bits per heavy atom. The van der Waals surface area contributed by atoms with Crippen LogP contribution in [0, 0.1) is 11.8 Å². The van der Waals surface area contributed by atoms with Crippen LogP contribution in [-0.4, -0.2) is 72.0 Å². The van der Waals surface area contributed by atoms with Gasteiger partial charge in [-0.3, -0.25) is 19.1 Å². The number of anilines is 4. The predicted octanol–water partition coefficient (Wildman–Crippen LogP) is 4.09. The van der Waals surface area contributed by atoms with E-state index in [0.717, 1.165) is 16.5 Å². The molecule has 54 heavy (non-hydrogen) atoms. The minimum atomic E-state index is -3.96. The Hall–Kier alpha value is -6.39. The highest BCUT2D eigenvalue weighted by Gasteiger charge is 2.60. The fourth-order valence-corrected chi connectivity index (χ4v) is 8.71. The van der Waals surface area contributed by atoms with E-state index in [4.69, 9.17) is 5.73 Å². The van der Waals surface area contributed by atoms with Gasteiger partial charge in [-0.2, -0.15) is 0 Å². The van der Waals surface area contributed by atoms with Gasteiger partial charge in [-0.25, -0.2) is 13.2 Å². The summed E-state index contributed by atoms with van der Waals surface area (Å²) < 4.78 is 28.9. The molecule has 3 aliphatic carbocycles. The van der Waals surface area contributed by atoms with Gasteiger partial charge in [0, 0.05) is 54.5 Å². The van der Waals surface area contributed by atoms with Gasteiger partial charge < -0.3 is 41.7 Å². The monoisotopic (exact) mass is 753 g/mol. The third kappa shape index (κ3) is 5.85. The average molecular weight is 754 g/mol. The highest BCUT2D eigenvalue weighted by Crippen LogP contribution is 2.52. The number of Topliss-reactive ketones (excluding diaryl/α,β-unsaturated/α-hetero) is 2. The highest BCUT2D eigenvalue weighted by molar-refractivity contribution is 7.92. The van der Waals surface area contributed by atoms with Crippen molar-refractivity contribution in [1.82, 2.24) is 0 Å². The van der Waals surface area contributed by atoms with Crippen LogP contribution in [0.1, 0.15) is 24.0 Å². The molecular formula is C38H35N5O10S. The van der Waals surface area contributed by atoms with Gasteiger partial charge in [0.1, 0.15) is 22.8 Å². The Morgan fingerprint density at radius 1 is 0.907 bits per heavy atom. The molecule has 1 fully saturated rings. The van der Waals surface area contributed by atoms with Crippen LogP contribution in [0.4, 0.5) is 27.5 Å². The van der Waals surface area contributed by atoms with Crippen molar-refractivity contribution in [2.24, 2.45) is 17.6 Å². The molecule has 0 aromatic heterocycles. The van der Waals surface area contributed by atoms with Gasteiger partial charge in [0.15, 0.2) is 11.4 Å². The number of nitrogens with two attached hydrogens (primary N) is 1. The SMILES string of the molecule is CN(C)c1cccc2cc(S(=O)(=O)Nc3ccc(NC(=O)Nc4ccc5c(c4O)C(O)=C4C(=O)[C@]6(O)C(O)=C(C(N)=O)C(=O)C[C@@H]6C[C@@H]4C5)cc3)ccc12. The number of benzene rings is 4. The highest BCUT2D eigenvalue weighted by atomic mass is 32.2. The van der Waals surface area contributed by atoms with Gasteiger partial charge in [-0.1, -0.05) is 24.3 Å². The first-order chi connectivity index (χ1) is 25.5. The Kier molecular flexibility index (Phi) is 8.61. The maximum absolute atomic E-state index is 13.7. The third-order valence-corrected chi connectivity index (χ3v) is 11.6. The first-order valence-electron chi connectivity index (χ1n) is 16.7. The minimum Gasteiger partial charge on any atom is -0.508 e. The molecule has 0 saturated heterocycles. The fourth-order valence-electron chi connectivity index (χ4n) is 7.62. The zero-order chi connectivity index (χ0) is 38.9. The Labute approximate surface area is 308 Å². The second kappa shape index (κ2) is 12.9. The quantitative estimate of drug-likeness (QED) is 0.0986. The maximum Gasteiger partial charge on any atom is 0.323 e. The van der Waals surface area contributed by atoms with Crippen molar-refractivity contribution in [2.75, 3.05) is 34.4 Å². The third-order valence-electron chi connectivity index (χ3n) is 10.2. The van der Waals surface area contributed by atoms with E-state index < -0.39 is 80.2 Å². The molecule has 278 valence electrons. The van der Waals surface area contributed by atoms with Gasteiger partial charge in [-0.15, -0.1) is 0 Å². The molecule has 7 rings (SSSR count). The topological polar surface area (TPSA) is 249 Å². The smallest absolute Gasteiger partial charge is 0.323 e. The first kappa shape index (κ1) is 36.0. The zero-order valence-electron chi connectivity index (χ0n) is 28.9. The van der Waals surface area contributed by atoms with E-state index in [9.17, 15) is 48.0 Å². The van der Waals surface area contributed by atoms with Crippen molar-refractivity contribution < 1.29 is 48.0 Å². The summed E-state index contributed by atoms with van der Waals surface area (Å²) in [6.07, 6.45) is -0.316. The first-order valence-corrected chi connectivity index (χ1v) is 18.2. The lowest BCUT2D eigenvalue weighted by molar-refractivity contribution is -0.147. The van der Waals surface area contributed by atoms with Crippen molar-refractivity contribution in [3.8, 4) is 5.75 Å². The van der Waals surface area contributed by atoms with Gasteiger partial charge in [0.05, 0.1) is 16.1 Å². The van der Waals surface area contributed by atoms with Gasteiger partial charge in [0.2, 0.25) is 5.78 Å². The van der Waals surface area contributed by atoms with Crippen LogP contribution in [0.25, 0.3) is 16.5 Å². The van der Waals surface area contributed by atoms with Crippen LogP contribution in [0.2, 0.25) is 0 Å². The number of nitrogens with zero attached hydrogens (tertiary/aromatic N) is 1. The normalized spacial score (nSPS) is 20.9. The van der Waals surface area contributed by atoms with Crippen LogP contribution in [0.5, 0.6) is 5.75 Å². The average Bonchev–Trinajstić information content (AvgIpc) is 3.11. The number of carbonyl (C=O) groups is 4. The number of hydrogen-bond donors (Lipinski definition) is 8. The number of rotatable bonds is 7. The van der Waals surface area contributed by atoms with E-state index in [1.807, 2.05) is 37.2 Å². The summed E-state index contributed by atoms with van der Waals surface area (Å²) in [5.74, 6) is -7.47. The van der Waals surface area contributed by atoms with Gasteiger partial charge in [-0.05, 0) is 78.2 Å². The van der Waals surface area contributed by atoms with E-state index in [-0.39, 0.29) is 45.9 Å². The second-order valence-corrected chi connectivity index (χ2v) is 15.4. The number of aromatic hydroxyl groups is 1. The van der Waals surface area contributed by atoms with E-state index >= 15 is 0 Å². The molecule has 0 spiro atoms. The summed E-state index contributed by atoms with van der Waals surface area (Å²) >= 11 is 0. The molecule has 0 unspecified atom stereocenters. The number of aliphatic hydroxyl groups is 3. The molecule has 4 aromatic carbocycles. The van der Waals surface area contributed by atoms with Crippen LogP contribution < -0.4 is 26.0 Å². The molecule has 0 bridgehead atoms. The van der Waals surface area contributed by atoms with Crippen molar-refractivity contribution in [3.05, 3.63) is 101 Å². The Morgan fingerprint density at radius 2 is 1.61 bits per heavy atom. The number of nitrogens with one attached hydrogen (secondary N) is 3. The lowest BCUT2D eigenvalue weighted by Gasteiger charge is -2.46. The lowest BCUT2D eigenvalue weighted by Crippen LogP contribution is -2.58. The van der Waals surface area contributed by atoms with Crippen LogP contribution in [0.15, 0.2) is 94.6 Å². The standard InChI is InChI=1S/C38H35N5O10S/c1-43(2)27-5-3-4-18-16-24(11-12-25(18)27)54(52,53)42-23-9-7-22(8-10-23)40-37(50)41-26-13-6-19-14-20-15-21-17-28(44)31(36(39)49)35(48)38(21,51)34(47)30(20)33(46)29(19)32(26)45/h3-13,16,20-21,42,45-46,48,51H,14-15,17H2,1-2H3,(H2,39,49)(H2,40,41,50)/t20-,21-,38-/m0/s1. The van der Waals surface area contributed by atoms with E-state index in [0.29, 0.717) is 5.56 Å². The van der Waals surface area contributed by atoms with Crippen LogP contribution in [-0.2, 0) is 30.8 Å². The molecule has 15 nitrogen and oxygen atoms in total. The molecule has 9 N–H and O–H groups in total. The van der Waals surface area contributed by atoms with Crippen LogP contribution in [0.3, 0.4) is 0 Å². The summed E-state index contributed by atoms with van der Waals surface area (Å²) in [4.78, 5) is 53.1. The number of aliphatic hydroxyl groups excluding tert-OH is 2. The molecule has 3 amide bonds. The summed E-state index contributed by atoms with van der Waals surface area (Å²) in [7, 11) is -0.152. The summed E-state index contributed by atoms with van der Waals surface area (Å²) in [5, 5.41) is 51.4. The molecule has 1 saturated carbocycles. The number of amides is 3. The lowest BCUT2D eigenvalue weighted by atomic mass is 9.59. The number of phenolic OH excluding ortho intramolecular Hbond substituents is 1. The second-order valence-electron chi connectivity index (χ2n) is 13.7.